The lowest BCUT2D eigenvalue weighted by Crippen LogP contribution is -2.39. The fourth-order valence-corrected chi connectivity index (χ4v) is 3.04. The van der Waals surface area contributed by atoms with Gasteiger partial charge in [-0.2, -0.15) is 0 Å². The highest BCUT2D eigenvalue weighted by Gasteiger charge is 2.24. The van der Waals surface area contributed by atoms with Crippen molar-refractivity contribution in [2.75, 3.05) is 10.6 Å². The predicted octanol–water partition coefficient (Wildman–Crippen LogP) is 5.08. The molecular formula is C23H21F2N3O2. The second-order valence-corrected chi connectivity index (χ2v) is 6.82. The quantitative estimate of drug-likeness (QED) is 0.550. The second-order valence-electron chi connectivity index (χ2n) is 6.82. The molecule has 0 saturated heterocycles. The summed E-state index contributed by atoms with van der Waals surface area (Å²) in [5, 5.41) is 7.71. The number of hydrogen-bond donors (Lipinski definition) is 3. The first kappa shape index (κ1) is 21.0. The maximum atomic E-state index is 14.0. The molecule has 30 heavy (non-hydrogen) atoms. The monoisotopic (exact) mass is 409 g/mol. The van der Waals surface area contributed by atoms with Gasteiger partial charge in [-0.25, -0.2) is 13.6 Å². The molecule has 0 unspecified atom stereocenters. The van der Waals surface area contributed by atoms with Gasteiger partial charge in [0.2, 0.25) is 0 Å². The molecule has 0 heterocycles. The molecule has 0 aliphatic heterocycles. The summed E-state index contributed by atoms with van der Waals surface area (Å²) in [6.07, 6.45) is 0. The molecule has 0 bridgehead atoms. The van der Waals surface area contributed by atoms with E-state index in [1.54, 1.807) is 30.3 Å². The number of carbonyl (C=O) groups excluding carboxylic acids is 2. The van der Waals surface area contributed by atoms with E-state index in [0.717, 1.165) is 29.3 Å². The van der Waals surface area contributed by atoms with Crippen molar-refractivity contribution in [1.82, 2.24) is 5.32 Å². The fourth-order valence-electron chi connectivity index (χ4n) is 3.04. The molecule has 3 amide bonds. The molecule has 154 valence electrons. The molecule has 5 nitrogen and oxygen atoms in total. The van der Waals surface area contributed by atoms with E-state index >= 15 is 0 Å². The summed E-state index contributed by atoms with van der Waals surface area (Å²) in [5.41, 5.74) is 2.56. The van der Waals surface area contributed by atoms with E-state index in [-0.39, 0.29) is 5.69 Å². The Hall–Kier alpha value is -3.74. The maximum absolute atomic E-state index is 14.0. The van der Waals surface area contributed by atoms with Crippen LogP contribution in [0.3, 0.4) is 0 Å². The zero-order valence-electron chi connectivity index (χ0n) is 16.5. The summed E-state index contributed by atoms with van der Waals surface area (Å²) in [6.45, 7) is 3.72. The van der Waals surface area contributed by atoms with Crippen LogP contribution in [0.1, 0.15) is 22.7 Å². The average Bonchev–Trinajstić information content (AvgIpc) is 2.72. The van der Waals surface area contributed by atoms with Gasteiger partial charge < -0.3 is 16.0 Å². The Morgan fingerprint density at radius 3 is 2.17 bits per heavy atom. The van der Waals surface area contributed by atoms with Gasteiger partial charge in [-0.15, -0.1) is 0 Å². The zero-order valence-corrected chi connectivity index (χ0v) is 16.5. The van der Waals surface area contributed by atoms with Crippen molar-refractivity contribution in [3.8, 4) is 0 Å². The summed E-state index contributed by atoms with van der Waals surface area (Å²) < 4.78 is 27.4. The van der Waals surface area contributed by atoms with E-state index in [1.165, 1.54) is 0 Å². The van der Waals surface area contributed by atoms with E-state index in [1.807, 2.05) is 32.0 Å². The number of halogens is 2. The van der Waals surface area contributed by atoms with Gasteiger partial charge in [0.05, 0.1) is 5.69 Å². The third-order valence-corrected chi connectivity index (χ3v) is 4.58. The second kappa shape index (κ2) is 9.17. The molecule has 3 aromatic rings. The van der Waals surface area contributed by atoms with Gasteiger partial charge in [-0.05, 0) is 42.7 Å². The lowest BCUT2D eigenvalue weighted by Gasteiger charge is -2.20. The first-order valence-electron chi connectivity index (χ1n) is 9.29. The van der Waals surface area contributed by atoms with Crippen LogP contribution in [-0.4, -0.2) is 11.9 Å². The van der Waals surface area contributed by atoms with Gasteiger partial charge in [0, 0.05) is 11.8 Å². The summed E-state index contributed by atoms with van der Waals surface area (Å²) in [7, 11) is 0. The first-order valence-corrected chi connectivity index (χ1v) is 9.29. The van der Waals surface area contributed by atoms with Gasteiger partial charge in [0.25, 0.3) is 5.91 Å². The average molecular weight is 409 g/mol. The molecule has 0 spiro atoms. The molecule has 0 fully saturated rings. The minimum atomic E-state index is -1.13. The summed E-state index contributed by atoms with van der Waals surface area (Å²) in [5.74, 6) is -2.18. The van der Waals surface area contributed by atoms with Crippen LogP contribution in [0, 0.1) is 25.5 Å². The molecule has 3 rings (SSSR count). The van der Waals surface area contributed by atoms with Crippen LogP contribution in [0.2, 0.25) is 0 Å². The Morgan fingerprint density at radius 1 is 0.833 bits per heavy atom. The van der Waals surface area contributed by atoms with Crippen LogP contribution < -0.4 is 16.0 Å². The number of para-hydroxylation sites is 1. The minimum Gasteiger partial charge on any atom is -0.322 e. The standard InChI is InChI=1S/C23H21F2N3O2/c1-14-7-6-8-15(2)20(14)27-23(30)28-21(16-9-4-3-5-10-16)22(29)26-19-13-17(24)11-12-18(19)25/h3-13,21H,1-2H3,(H,26,29)(H2,27,28,30)/t21-/m1/s1. The largest absolute Gasteiger partial charge is 0.322 e. The highest BCUT2D eigenvalue weighted by atomic mass is 19.1. The molecule has 0 aliphatic rings. The van der Waals surface area contributed by atoms with E-state index in [9.17, 15) is 18.4 Å². The molecule has 0 radical (unpaired) electrons. The van der Waals surface area contributed by atoms with E-state index in [0.29, 0.717) is 11.3 Å². The van der Waals surface area contributed by atoms with Gasteiger partial charge in [-0.3, -0.25) is 4.79 Å². The van der Waals surface area contributed by atoms with Crippen molar-refractivity contribution in [3.63, 3.8) is 0 Å². The Labute approximate surface area is 173 Å². The van der Waals surface area contributed by atoms with Crippen LogP contribution in [0.25, 0.3) is 0 Å². The van der Waals surface area contributed by atoms with Crippen molar-refractivity contribution in [1.29, 1.82) is 0 Å². The number of rotatable bonds is 5. The summed E-state index contributed by atoms with van der Waals surface area (Å²) in [4.78, 5) is 25.5. The number of carbonyl (C=O) groups is 2. The Morgan fingerprint density at radius 2 is 1.50 bits per heavy atom. The topological polar surface area (TPSA) is 70.2 Å². The number of anilines is 2. The smallest absolute Gasteiger partial charge is 0.320 e. The molecule has 3 N–H and O–H groups in total. The number of benzene rings is 3. The van der Waals surface area contributed by atoms with E-state index in [2.05, 4.69) is 16.0 Å². The number of urea groups is 1. The normalized spacial score (nSPS) is 11.5. The third-order valence-electron chi connectivity index (χ3n) is 4.58. The Kier molecular flexibility index (Phi) is 6.41. The third kappa shape index (κ3) is 5.00. The van der Waals surface area contributed by atoms with Crippen molar-refractivity contribution in [2.24, 2.45) is 0 Å². The molecule has 0 aliphatic carbocycles. The van der Waals surface area contributed by atoms with Crippen LogP contribution in [-0.2, 0) is 4.79 Å². The molecule has 7 heteroatoms. The minimum absolute atomic E-state index is 0.308. The first-order chi connectivity index (χ1) is 14.3. The van der Waals surface area contributed by atoms with Crippen molar-refractivity contribution >= 4 is 23.3 Å². The van der Waals surface area contributed by atoms with E-state index in [4.69, 9.17) is 0 Å². The van der Waals surface area contributed by atoms with Crippen LogP contribution in [0.5, 0.6) is 0 Å². The van der Waals surface area contributed by atoms with E-state index < -0.39 is 29.6 Å². The number of amides is 3. The molecule has 1 atom stereocenters. The van der Waals surface area contributed by atoms with Crippen LogP contribution >= 0.6 is 0 Å². The predicted molar refractivity (Wildman–Crippen MR) is 112 cm³/mol. The molecular weight excluding hydrogens is 388 g/mol. The maximum Gasteiger partial charge on any atom is 0.320 e. The summed E-state index contributed by atoms with van der Waals surface area (Å²) >= 11 is 0. The van der Waals surface area contributed by atoms with Crippen LogP contribution in [0.4, 0.5) is 25.0 Å². The van der Waals surface area contributed by atoms with Crippen LogP contribution in [0.15, 0.2) is 66.7 Å². The molecule has 0 saturated carbocycles. The lowest BCUT2D eigenvalue weighted by molar-refractivity contribution is -0.118. The van der Waals surface area contributed by atoms with Gasteiger partial charge >= 0.3 is 6.03 Å². The highest BCUT2D eigenvalue weighted by Crippen LogP contribution is 2.22. The zero-order chi connectivity index (χ0) is 21.7. The van der Waals surface area contributed by atoms with Crippen molar-refractivity contribution in [2.45, 2.75) is 19.9 Å². The van der Waals surface area contributed by atoms with Gasteiger partial charge in [-0.1, -0.05) is 48.5 Å². The Bertz CT molecular complexity index is 1050. The molecule has 3 aromatic carbocycles. The highest BCUT2D eigenvalue weighted by molar-refractivity contribution is 6.00. The Balaban J connectivity index is 1.83. The number of nitrogens with one attached hydrogen (secondary N) is 3. The van der Waals surface area contributed by atoms with Crippen molar-refractivity contribution in [3.05, 3.63) is 95.1 Å². The van der Waals surface area contributed by atoms with Gasteiger partial charge in [0.15, 0.2) is 0 Å². The lowest BCUT2D eigenvalue weighted by atomic mass is 10.1. The summed E-state index contributed by atoms with van der Waals surface area (Å²) in [6, 6.07) is 15.1. The van der Waals surface area contributed by atoms with Crippen molar-refractivity contribution < 1.29 is 18.4 Å². The SMILES string of the molecule is Cc1cccc(C)c1NC(=O)N[C@@H](C(=O)Nc1cc(F)ccc1F)c1ccccc1. The molecule has 0 aromatic heterocycles. The number of hydrogen-bond acceptors (Lipinski definition) is 2. The number of aryl methyl sites for hydroxylation is 2. The fraction of sp³-hybridized carbons (Fsp3) is 0.130. The van der Waals surface area contributed by atoms with Gasteiger partial charge in [0.1, 0.15) is 17.7 Å².